The lowest BCUT2D eigenvalue weighted by Crippen LogP contribution is -2.34. The first-order valence-electron chi connectivity index (χ1n) is 4.80. The van der Waals surface area contributed by atoms with Gasteiger partial charge in [-0.05, 0) is 40.8 Å². The van der Waals surface area contributed by atoms with E-state index in [0.717, 1.165) is 3.57 Å². The van der Waals surface area contributed by atoms with Gasteiger partial charge in [0.2, 0.25) is 0 Å². The van der Waals surface area contributed by atoms with E-state index >= 15 is 0 Å². The van der Waals surface area contributed by atoms with Gasteiger partial charge in [-0.2, -0.15) is 0 Å². The number of rotatable bonds is 4. The molecule has 0 fully saturated rings. The summed E-state index contributed by atoms with van der Waals surface area (Å²) in [6.07, 6.45) is 0. The fraction of sp³-hybridized carbons (Fsp3) is 0.273. The number of halogens is 2. The van der Waals surface area contributed by atoms with Gasteiger partial charge in [-0.3, -0.25) is 9.59 Å². The van der Waals surface area contributed by atoms with Gasteiger partial charge >= 0.3 is 5.97 Å². The highest BCUT2D eigenvalue weighted by Gasteiger charge is 2.16. The van der Waals surface area contributed by atoms with E-state index in [4.69, 9.17) is 11.6 Å². The zero-order chi connectivity index (χ0) is 12.8. The Morgan fingerprint density at radius 1 is 1.53 bits per heavy atom. The highest BCUT2D eigenvalue weighted by atomic mass is 127. The Bertz CT molecular complexity index is 425. The fourth-order valence-corrected chi connectivity index (χ4v) is 1.83. The Kier molecular flexibility index (Phi) is 5.70. The molecule has 0 aliphatic heterocycles. The minimum atomic E-state index is -0.869. The normalized spacial score (nSPS) is 11.7. The van der Waals surface area contributed by atoms with Gasteiger partial charge in [0.25, 0.3) is 5.91 Å². The number of hydrogen-bond acceptors (Lipinski definition) is 3. The summed E-state index contributed by atoms with van der Waals surface area (Å²) < 4.78 is 5.41. The Morgan fingerprint density at radius 3 is 2.82 bits per heavy atom. The first kappa shape index (κ1) is 14.2. The third-order valence-electron chi connectivity index (χ3n) is 1.99. The number of hydrogen-bond donors (Lipinski definition) is 1. The summed E-state index contributed by atoms with van der Waals surface area (Å²) in [7, 11) is 1.25. The van der Waals surface area contributed by atoms with Crippen molar-refractivity contribution in [1.82, 2.24) is 5.32 Å². The maximum atomic E-state index is 11.7. The first-order valence-corrected chi connectivity index (χ1v) is 6.31. The molecule has 17 heavy (non-hydrogen) atoms. The van der Waals surface area contributed by atoms with Crippen LogP contribution in [0.3, 0.4) is 0 Å². The molecule has 0 radical (unpaired) electrons. The van der Waals surface area contributed by atoms with Crippen molar-refractivity contribution in [3.63, 3.8) is 0 Å². The summed E-state index contributed by atoms with van der Waals surface area (Å²) in [5, 5.41) is 1.70. The molecule has 1 N–H and O–H groups in total. The van der Waals surface area contributed by atoms with Crippen molar-refractivity contribution in [1.29, 1.82) is 0 Å². The fourth-order valence-electron chi connectivity index (χ4n) is 1.13. The number of methoxy groups -OCH3 is 1. The summed E-state index contributed by atoms with van der Waals surface area (Å²) >= 11 is 7.82. The molecule has 1 aromatic rings. The summed E-state index contributed by atoms with van der Waals surface area (Å²) in [5.74, 6) is -0.826. The Balaban J connectivity index is 2.53. The van der Waals surface area contributed by atoms with Crippen molar-refractivity contribution >= 4 is 46.1 Å². The number of benzene rings is 1. The highest BCUT2D eigenvalue weighted by molar-refractivity contribution is 14.1. The van der Waals surface area contributed by atoms with Crippen LogP contribution in [-0.4, -0.2) is 30.9 Å². The van der Waals surface area contributed by atoms with Crippen LogP contribution in [0.1, 0.15) is 10.4 Å². The van der Waals surface area contributed by atoms with Gasteiger partial charge in [0.15, 0.2) is 0 Å². The molecular formula is C11H11ClINO3. The van der Waals surface area contributed by atoms with Crippen LogP contribution >= 0.6 is 34.2 Å². The molecule has 4 nitrogen and oxygen atoms in total. The number of esters is 1. The van der Waals surface area contributed by atoms with Crippen LogP contribution in [0.5, 0.6) is 0 Å². The summed E-state index contributed by atoms with van der Waals surface area (Å²) in [6, 6.07) is 7.11. The van der Waals surface area contributed by atoms with Gasteiger partial charge in [0, 0.05) is 15.7 Å². The van der Waals surface area contributed by atoms with E-state index < -0.39 is 11.3 Å². The van der Waals surface area contributed by atoms with Crippen molar-refractivity contribution in [2.75, 3.05) is 13.7 Å². The standard InChI is InChI=1S/C11H11ClINO3/c1-17-11(16)9(12)6-14-10(15)7-3-2-4-8(13)5-7/h2-5,9H,6H2,1H3,(H,14,15). The molecule has 1 amide bonds. The monoisotopic (exact) mass is 367 g/mol. The van der Waals surface area contributed by atoms with Gasteiger partial charge in [-0.25, -0.2) is 0 Å². The van der Waals surface area contributed by atoms with Crippen LogP contribution in [0.25, 0.3) is 0 Å². The minimum Gasteiger partial charge on any atom is -0.468 e. The number of ether oxygens (including phenoxy) is 1. The van der Waals surface area contributed by atoms with Crippen LogP contribution in [0.2, 0.25) is 0 Å². The second kappa shape index (κ2) is 6.80. The smallest absolute Gasteiger partial charge is 0.325 e. The first-order chi connectivity index (χ1) is 8.04. The summed E-state index contributed by atoms with van der Waals surface area (Å²) in [5.41, 5.74) is 0.533. The van der Waals surface area contributed by atoms with Gasteiger partial charge in [0.1, 0.15) is 5.38 Å². The topological polar surface area (TPSA) is 55.4 Å². The van der Waals surface area contributed by atoms with E-state index in [1.807, 2.05) is 6.07 Å². The quantitative estimate of drug-likeness (QED) is 0.502. The van der Waals surface area contributed by atoms with Crippen LogP contribution in [0, 0.1) is 3.57 Å². The lowest BCUT2D eigenvalue weighted by Gasteiger charge is -2.09. The third kappa shape index (κ3) is 4.51. The molecule has 1 rings (SSSR count). The zero-order valence-electron chi connectivity index (χ0n) is 9.07. The molecule has 0 aliphatic rings. The lowest BCUT2D eigenvalue weighted by atomic mass is 10.2. The highest BCUT2D eigenvalue weighted by Crippen LogP contribution is 2.07. The molecule has 1 aromatic carbocycles. The van der Waals surface area contributed by atoms with E-state index in [-0.39, 0.29) is 12.5 Å². The average molecular weight is 368 g/mol. The minimum absolute atomic E-state index is 0.0402. The Hall–Kier alpha value is -0.820. The number of carbonyl (C=O) groups excluding carboxylic acids is 2. The maximum absolute atomic E-state index is 11.7. The SMILES string of the molecule is COC(=O)C(Cl)CNC(=O)c1cccc(I)c1. The zero-order valence-corrected chi connectivity index (χ0v) is 12.0. The van der Waals surface area contributed by atoms with E-state index in [0.29, 0.717) is 5.56 Å². The van der Waals surface area contributed by atoms with Gasteiger partial charge in [-0.15, -0.1) is 11.6 Å². The van der Waals surface area contributed by atoms with E-state index in [1.54, 1.807) is 18.2 Å². The molecule has 0 spiro atoms. The lowest BCUT2D eigenvalue weighted by molar-refractivity contribution is -0.140. The van der Waals surface area contributed by atoms with E-state index in [9.17, 15) is 9.59 Å². The van der Waals surface area contributed by atoms with Crippen LogP contribution in [-0.2, 0) is 9.53 Å². The predicted octanol–water partition coefficient (Wildman–Crippen LogP) is 1.80. The van der Waals surface area contributed by atoms with Crippen molar-refractivity contribution in [3.05, 3.63) is 33.4 Å². The summed E-state index contributed by atoms with van der Waals surface area (Å²) in [4.78, 5) is 22.7. The second-order valence-electron chi connectivity index (χ2n) is 3.21. The molecule has 1 unspecified atom stereocenters. The van der Waals surface area contributed by atoms with Crippen molar-refractivity contribution in [2.24, 2.45) is 0 Å². The van der Waals surface area contributed by atoms with E-state index in [1.165, 1.54) is 7.11 Å². The molecule has 0 saturated heterocycles. The molecule has 1 atom stereocenters. The second-order valence-corrected chi connectivity index (χ2v) is 4.98. The molecule has 0 bridgehead atoms. The van der Waals surface area contributed by atoms with E-state index in [2.05, 4.69) is 32.6 Å². The molecule has 0 heterocycles. The third-order valence-corrected chi connectivity index (χ3v) is 2.99. The van der Waals surface area contributed by atoms with Crippen molar-refractivity contribution in [2.45, 2.75) is 5.38 Å². The Morgan fingerprint density at radius 2 is 2.24 bits per heavy atom. The molecular weight excluding hydrogens is 356 g/mol. The largest absolute Gasteiger partial charge is 0.468 e. The van der Waals surface area contributed by atoms with Crippen molar-refractivity contribution in [3.8, 4) is 0 Å². The molecule has 0 saturated carbocycles. The Labute approximate surface area is 118 Å². The molecule has 0 aliphatic carbocycles. The summed E-state index contributed by atoms with van der Waals surface area (Å²) in [6.45, 7) is 0.0402. The number of alkyl halides is 1. The van der Waals surface area contributed by atoms with Crippen LogP contribution < -0.4 is 5.32 Å². The number of nitrogens with one attached hydrogen (secondary N) is 1. The number of carbonyl (C=O) groups is 2. The molecule has 92 valence electrons. The predicted molar refractivity (Wildman–Crippen MR) is 73.1 cm³/mol. The molecule has 6 heteroatoms. The number of amides is 1. The van der Waals surface area contributed by atoms with Gasteiger partial charge in [-0.1, -0.05) is 6.07 Å². The van der Waals surface area contributed by atoms with Crippen LogP contribution in [0.15, 0.2) is 24.3 Å². The average Bonchev–Trinajstić information content (AvgIpc) is 2.34. The van der Waals surface area contributed by atoms with Crippen LogP contribution in [0.4, 0.5) is 0 Å². The van der Waals surface area contributed by atoms with Gasteiger partial charge in [0.05, 0.1) is 7.11 Å². The van der Waals surface area contributed by atoms with Gasteiger partial charge < -0.3 is 10.1 Å². The maximum Gasteiger partial charge on any atom is 0.325 e. The molecule has 0 aromatic heterocycles. The van der Waals surface area contributed by atoms with Crippen molar-refractivity contribution < 1.29 is 14.3 Å².